The average Bonchev–Trinajstić information content (AvgIpc) is 3.39. The number of thiazole rings is 1. The normalized spacial score (nSPS) is 16.2. The first-order chi connectivity index (χ1) is 13.2. The Hall–Kier alpha value is -2.33. The van der Waals surface area contributed by atoms with Gasteiger partial charge in [-0.05, 0) is 37.1 Å². The molecule has 150 valence electrons. The van der Waals surface area contributed by atoms with Crippen LogP contribution in [0.25, 0.3) is 0 Å². The molecular weight excluding hydrogens is 419 g/mol. The van der Waals surface area contributed by atoms with Crippen LogP contribution in [0.4, 0.5) is 18.3 Å². The molecule has 1 aromatic carbocycles. The summed E-state index contributed by atoms with van der Waals surface area (Å²) in [7, 11) is 0.802. The van der Waals surface area contributed by atoms with Crippen LogP contribution >= 0.6 is 22.9 Å². The highest BCUT2D eigenvalue weighted by Gasteiger charge is 2.64. The number of anilines is 1. The molecule has 0 spiro atoms. The fourth-order valence-corrected chi connectivity index (χ4v) is 3.43. The molecule has 1 amide bonds. The van der Waals surface area contributed by atoms with Gasteiger partial charge in [0, 0.05) is 21.9 Å². The zero-order valence-electron chi connectivity index (χ0n) is 14.5. The van der Waals surface area contributed by atoms with E-state index in [2.05, 4.69) is 9.72 Å². The Labute approximate surface area is 167 Å². The Morgan fingerprint density at radius 1 is 1.25 bits per heavy atom. The Morgan fingerprint density at radius 2 is 1.89 bits per heavy atom. The van der Waals surface area contributed by atoms with Gasteiger partial charge in [-0.15, -0.1) is 11.3 Å². The molecule has 28 heavy (non-hydrogen) atoms. The summed E-state index contributed by atoms with van der Waals surface area (Å²) >= 11 is 6.64. The molecule has 2 N–H and O–H groups in total. The maximum atomic E-state index is 14.0. The van der Waals surface area contributed by atoms with E-state index >= 15 is 0 Å². The molecule has 2 aromatic rings. The highest BCUT2D eigenvalue weighted by molar-refractivity contribution is 7.13. The number of aromatic nitrogens is 1. The van der Waals surface area contributed by atoms with Crippen molar-refractivity contribution >= 4 is 39.9 Å². The van der Waals surface area contributed by atoms with Crippen LogP contribution in [0.5, 0.6) is 0 Å². The largest absolute Gasteiger partial charge is 0.466 e. The van der Waals surface area contributed by atoms with Gasteiger partial charge in [-0.1, -0.05) is 11.6 Å². The van der Waals surface area contributed by atoms with Gasteiger partial charge in [-0.25, -0.2) is 9.78 Å². The van der Waals surface area contributed by atoms with Gasteiger partial charge in [0.2, 0.25) is 0 Å². The van der Waals surface area contributed by atoms with Crippen LogP contribution in [-0.4, -0.2) is 35.8 Å². The molecule has 3 rings (SSSR count). The lowest BCUT2D eigenvalue weighted by molar-refractivity contribution is -0.203. The number of carbonyl (C=O) groups is 2. The van der Waals surface area contributed by atoms with Crippen LogP contribution in [0.3, 0.4) is 0 Å². The van der Waals surface area contributed by atoms with Crippen molar-refractivity contribution < 1.29 is 27.5 Å². The molecule has 0 radical (unpaired) electrons. The molecule has 1 aliphatic rings. The molecule has 1 heterocycles. The molecule has 1 aliphatic carbocycles. The summed E-state index contributed by atoms with van der Waals surface area (Å²) in [4.78, 5) is 28.7. The van der Waals surface area contributed by atoms with Gasteiger partial charge < -0.3 is 15.4 Å². The van der Waals surface area contributed by atoms with Gasteiger partial charge in [0.15, 0.2) is 5.13 Å². The second-order valence-corrected chi connectivity index (χ2v) is 7.47. The maximum absolute atomic E-state index is 14.0. The number of amides is 1. The molecule has 6 nitrogen and oxygen atoms in total. The molecule has 0 unspecified atom stereocenters. The number of alkyl halides is 3. The third-order valence-corrected chi connectivity index (χ3v) is 5.16. The Bertz CT molecular complexity index is 884. The van der Waals surface area contributed by atoms with Gasteiger partial charge >= 0.3 is 17.8 Å². The lowest BCUT2D eigenvalue weighted by Crippen LogP contribution is -2.69. The van der Waals surface area contributed by atoms with Crippen molar-refractivity contribution in [2.45, 2.75) is 30.6 Å². The third kappa shape index (κ3) is 4.07. The van der Waals surface area contributed by atoms with E-state index in [0.29, 0.717) is 10.7 Å². The molecule has 0 bridgehead atoms. The molecule has 0 saturated heterocycles. The number of hydrogen-bond donors (Lipinski definition) is 2. The second-order valence-electron chi connectivity index (χ2n) is 6.18. The van der Waals surface area contributed by atoms with Gasteiger partial charge in [-0.3, -0.25) is 4.79 Å². The fraction of sp³-hybridized carbons (Fsp3) is 0.353. The summed E-state index contributed by atoms with van der Waals surface area (Å²) in [6.07, 6.45) is -3.39. The average molecular weight is 434 g/mol. The molecule has 1 fully saturated rings. The molecule has 11 heteroatoms. The summed E-state index contributed by atoms with van der Waals surface area (Å²) in [5.41, 5.74) is -2.96. The van der Waals surface area contributed by atoms with E-state index in [1.807, 2.05) is 5.32 Å². The lowest BCUT2D eigenvalue weighted by Gasteiger charge is -2.34. The molecule has 1 aromatic heterocycles. The van der Waals surface area contributed by atoms with E-state index in [9.17, 15) is 22.8 Å². The number of ether oxygens (including phenoxy) is 1. The van der Waals surface area contributed by atoms with Crippen LogP contribution in [0, 0.1) is 0 Å². The van der Waals surface area contributed by atoms with Crippen molar-refractivity contribution in [1.29, 1.82) is 0 Å². The zero-order valence-corrected chi connectivity index (χ0v) is 16.0. The van der Waals surface area contributed by atoms with Crippen molar-refractivity contribution in [3.05, 3.63) is 45.9 Å². The monoisotopic (exact) mass is 433 g/mol. The van der Waals surface area contributed by atoms with Crippen LogP contribution in [0.15, 0.2) is 29.6 Å². The van der Waals surface area contributed by atoms with Crippen LogP contribution in [0.1, 0.15) is 34.8 Å². The Morgan fingerprint density at radius 3 is 2.43 bits per heavy atom. The summed E-state index contributed by atoms with van der Waals surface area (Å²) in [6.45, 7) is 0. The minimum Gasteiger partial charge on any atom is -0.466 e. The number of nitrogens with one attached hydrogen (secondary N) is 2. The summed E-state index contributed by atoms with van der Waals surface area (Å²) in [5.74, 6) is -2.63. The number of benzene rings is 1. The maximum Gasteiger partial charge on any atom is 0.442 e. The molecule has 0 aliphatic heterocycles. The standard InChI is InChI=1S/C17H15ClF3N3O3S/c1-27-14(26)16(17(19,20)21,23-13(25)10-4-6-11(18)7-5-10)24-15-22-12(8-28-15)9-2-3-9/h4-9H,2-3H2,1H3,(H,22,24)(H,23,25)/t16-/m1/s1. The van der Waals surface area contributed by atoms with Gasteiger partial charge in [0.1, 0.15) is 0 Å². The molecule has 1 saturated carbocycles. The first-order valence-electron chi connectivity index (χ1n) is 8.13. The fourth-order valence-electron chi connectivity index (χ4n) is 2.46. The van der Waals surface area contributed by atoms with Gasteiger partial charge in [0.05, 0.1) is 12.8 Å². The van der Waals surface area contributed by atoms with E-state index in [4.69, 9.17) is 11.6 Å². The topological polar surface area (TPSA) is 80.3 Å². The molecule has 1 atom stereocenters. The summed E-state index contributed by atoms with van der Waals surface area (Å²) in [6, 6.07) is 5.18. The number of methoxy groups -OCH3 is 1. The highest BCUT2D eigenvalue weighted by atomic mass is 35.5. The minimum atomic E-state index is -5.21. The van der Waals surface area contributed by atoms with E-state index in [1.165, 1.54) is 24.3 Å². The second kappa shape index (κ2) is 7.59. The summed E-state index contributed by atoms with van der Waals surface area (Å²) in [5, 5.41) is 5.56. The number of rotatable bonds is 6. The Balaban J connectivity index is 1.95. The smallest absolute Gasteiger partial charge is 0.442 e. The van der Waals surface area contributed by atoms with Crippen LogP contribution in [0.2, 0.25) is 5.02 Å². The first-order valence-corrected chi connectivity index (χ1v) is 9.39. The Kier molecular flexibility index (Phi) is 5.53. The quantitative estimate of drug-likeness (QED) is 0.532. The predicted octanol–water partition coefficient (Wildman–Crippen LogP) is 3.95. The minimum absolute atomic E-state index is 0.110. The van der Waals surface area contributed by atoms with Crippen molar-refractivity contribution in [3.63, 3.8) is 0 Å². The predicted molar refractivity (Wildman–Crippen MR) is 97.4 cm³/mol. The number of carbonyl (C=O) groups excluding carboxylic acids is 2. The van der Waals surface area contributed by atoms with Crippen molar-refractivity contribution in [2.24, 2.45) is 0 Å². The molecular formula is C17H15ClF3N3O3S. The number of halogens is 4. The van der Waals surface area contributed by atoms with Crippen LogP contribution < -0.4 is 10.6 Å². The zero-order chi connectivity index (χ0) is 20.5. The number of esters is 1. The van der Waals surface area contributed by atoms with E-state index in [-0.39, 0.29) is 16.6 Å². The summed E-state index contributed by atoms with van der Waals surface area (Å²) < 4.78 is 46.3. The lowest BCUT2D eigenvalue weighted by atomic mass is 10.1. The van der Waals surface area contributed by atoms with Gasteiger partial charge in [0.25, 0.3) is 5.91 Å². The van der Waals surface area contributed by atoms with Crippen molar-refractivity contribution in [1.82, 2.24) is 10.3 Å². The van der Waals surface area contributed by atoms with E-state index in [1.54, 1.807) is 10.7 Å². The number of nitrogens with zero attached hydrogens (tertiary/aromatic N) is 1. The van der Waals surface area contributed by atoms with E-state index < -0.39 is 23.7 Å². The highest BCUT2D eigenvalue weighted by Crippen LogP contribution is 2.42. The SMILES string of the molecule is COC(=O)[C@@](NC(=O)c1ccc(Cl)cc1)(Nc1nc(C2CC2)cs1)C(F)(F)F. The van der Waals surface area contributed by atoms with Crippen molar-refractivity contribution in [3.8, 4) is 0 Å². The van der Waals surface area contributed by atoms with Gasteiger partial charge in [-0.2, -0.15) is 13.2 Å². The third-order valence-electron chi connectivity index (χ3n) is 4.14. The number of hydrogen-bond acceptors (Lipinski definition) is 6. The van der Waals surface area contributed by atoms with Crippen molar-refractivity contribution in [2.75, 3.05) is 12.4 Å². The van der Waals surface area contributed by atoms with E-state index in [0.717, 1.165) is 31.3 Å². The van der Waals surface area contributed by atoms with Crippen LogP contribution in [-0.2, 0) is 9.53 Å². The first kappa shape index (κ1) is 20.4.